The predicted octanol–water partition coefficient (Wildman–Crippen LogP) is 5.13. The molecule has 2 aromatic carbocycles. The van der Waals surface area contributed by atoms with Gasteiger partial charge in [-0.3, -0.25) is 0 Å². The van der Waals surface area contributed by atoms with Crippen LogP contribution in [0.2, 0.25) is 10.0 Å². The molecule has 0 amide bonds. The van der Waals surface area contributed by atoms with E-state index in [9.17, 15) is 4.79 Å². The lowest BCUT2D eigenvalue weighted by molar-refractivity contribution is 0.0697. The van der Waals surface area contributed by atoms with Gasteiger partial charge in [-0.2, -0.15) is 11.8 Å². The highest BCUT2D eigenvalue weighted by Gasteiger charge is 2.05. The van der Waals surface area contributed by atoms with Crippen LogP contribution in [-0.4, -0.2) is 11.1 Å². The zero-order valence-corrected chi connectivity index (χ0v) is 12.8. The molecule has 0 radical (unpaired) electrons. The van der Waals surface area contributed by atoms with Crippen molar-refractivity contribution >= 4 is 40.9 Å². The third-order valence-corrected chi connectivity index (χ3v) is 4.35. The maximum atomic E-state index is 10.9. The van der Waals surface area contributed by atoms with Crippen molar-refractivity contribution in [3.8, 4) is 0 Å². The first-order valence-corrected chi connectivity index (χ1v) is 7.81. The van der Waals surface area contributed by atoms with Gasteiger partial charge in [-0.15, -0.1) is 0 Å². The number of carboxylic acids is 1. The molecular weight excluding hydrogens is 315 g/mol. The standard InChI is InChI=1S/C15H12Cl2O2S/c16-13-5-4-12(14(17)7-13)9-20-8-10-2-1-3-11(6-10)15(18)19/h1-7H,8-9H2,(H,18,19). The number of hydrogen-bond acceptors (Lipinski definition) is 2. The molecule has 0 aliphatic carbocycles. The maximum absolute atomic E-state index is 10.9. The second kappa shape index (κ2) is 7.02. The Kier molecular flexibility index (Phi) is 5.35. The zero-order chi connectivity index (χ0) is 14.5. The SMILES string of the molecule is O=C(O)c1cccc(CSCc2ccc(Cl)cc2Cl)c1. The van der Waals surface area contributed by atoms with Crippen molar-refractivity contribution in [2.45, 2.75) is 11.5 Å². The van der Waals surface area contributed by atoms with Crippen LogP contribution in [-0.2, 0) is 11.5 Å². The highest BCUT2D eigenvalue weighted by atomic mass is 35.5. The first-order chi connectivity index (χ1) is 9.56. The topological polar surface area (TPSA) is 37.3 Å². The lowest BCUT2D eigenvalue weighted by Crippen LogP contribution is -1.96. The normalized spacial score (nSPS) is 10.5. The molecule has 0 saturated carbocycles. The number of benzene rings is 2. The van der Waals surface area contributed by atoms with E-state index in [1.807, 2.05) is 18.2 Å². The minimum Gasteiger partial charge on any atom is -0.478 e. The average Bonchev–Trinajstić information content (AvgIpc) is 2.41. The van der Waals surface area contributed by atoms with Gasteiger partial charge in [0, 0.05) is 21.6 Å². The number of thioether (sulfide) groups is 1. The van der Waals surface area contributed by atoms with Gasteiger partial charge in [-0.1, -0.05) is 41.4 Å². The van der Waals surface area contributed by atoms with Gasteiger partial charge in [-0.25, -0.2) is 4.79 Å². The van der Waals surface area contributed by atoms with Crippen LogP contribution in [0.4, 0.5) is 0 Å². The van der Waals surface area contributed by atoms with E-state index in [4.69, 9.17) is 28.3 Å². The molecule has 0 spiro atoms. The van der Waals surface area contributed by atoms with Crippen molar-refractivity contribution in [1.29, 1.82) is 0 Å². The maximum Gasteiger partial charge on any atom is 0.335 e. The summed E-state index contributed by atoms with van der Waals surface area (Å²) in [5.41, 5.74) is 2.32. The highest BCUT2D eigenvalue weighted by molar-refractivity contribution is 7.97. The molecule has 0 fully saturated rings. The van der Waals surface area contributed by atoms with Crippen LogP contribution in [0.3, 0.4) is 0 Å². The molecule has 1 N–H and O–H groups in total. The number of carbonyl (C=O) groups is 1. The fraction of sp³-hybridized carbons (Fsp3) is 0.133. The number of rotatable bonds is 5. The molecule has 20 heavy (non-hydrogen) atoms. The lowest BCUT2D eigenvalue weighted by atomic mass is 10.1. The van der Waals surface area contributed by atoms with Crippen LogP contribution in [0.25, 0.3) is 0 Å². The van der Waals surface area contributed by atoms with Crippen LogP contribution >= 0.6 is 35.0 Å². The first-order valence-electron chi connectivity index (χ1n) is 5.90. The van der Waals surface area contributed by atoms with Crippen LogP contribution in [0, 0.1) is 0 Å². The molecule has 0 heterocycles. The van der Waals surface area contributed by atoms with Crippen molar-refractivity contribution in [3.05, 3.63) is 69.2 Å². The summed E-state index contributed by atoms with van der Waals surface area (Å²) in [6.45, 7) is 0. The predicted molar refractivity (Wildman–Crippen MR) is 84.9 cm³/mol. The second-order valence-corrected chi connectivity index (χ2v) is 6.06. The molecule has 2 rings (SSSR count). The van der Waals surface area contributed by atoms with Crippen LogP contribution in [0.1, 0.15) is 21.5 Å². The number of hydrogen-bond donors (Lipinski definition) is 1. The number of carboxylic acid groups (broad SMARTS) is 1. The van der Waals surface area contributed by atoms with Crippen molar-refractivity contribution in [2.24, 2.45) is 0 Å². The van der Waals surface area contributed by atoms with Gasteiger partial charge in [0.15, 0.2) is 0 Å². The average molecular weight is 327 g/mol. The van der Waals surface area contributed by atoms with Gasteiger partial charge >= 0.3 is 5.97 Å². The number of aromatic carboxylic acids is 1. The van der Waals surface area contributed by atoms with Crippen molar-refractivity contribution < 1.29 is 9.90 Å². The Labute approximate surface area is 131 Å². The Hall–Kier alpha value is -1.16. The summed E-state index contributed by atoms with van der Waals surface area (Å²) in [4.78, 5) is 10.9. The molecule has 0 aromatic heterocycles. The first kappa shape index (κ1) is 15.2. The van der Waals surface area contributed by atoms with Gasteiger partial charge in [0.25, 0.3) is 0 Å². The molecule has 5 heteroatoms. The summed E-state index contributed by atoms with van der Waals surface area (Å²) in [5.74, 6) is 0.588. The summed E-state index contributed by atoms with van der Waals surface area (Å²) in [5, 5.41) is 10.2. The molecule has 0 aliphatic rings. The summed E-state index contributed by atoms with van der Waals surface area (Å²) in [6, 6.07) is 12.4. The Bertz CT molecular complexity index is 629. The van der Waals surface area contributed by atoms with Gasteiger partial charge < -0.3 is 5.11 Å². The van der Waals surface area contributed by atoms with E-state index in [0.717, 1.165) is 22.6 Å². The molecule has 104 valence electrons. The van der Waals surface area contributed by atoms with Crippen molar-refractivity contribution in [3.63, 3.8) is 0 Å². The Morgan fingerprint density at radius 2 is 1.90 bits per heavy atom. The van der Waals surface area contributed by atoms with E-state index in [1.54, 1.807) is 36.0 Å². The van der Waals surface area contributed by atoms with Gasteiger partial charge in [0.05, 0.1) is 5.56 Å². The fourth-order valence-electron chi connectivity index (χ4n) is 1.71. The van der Waals surface area contributed by atoms with E-state index in [1.165, 1.54) is 0 Å². The number of halogens is 2. The van der Waals surface area contributed by atoms with Gasteiger partial charge in [0.2, 0.25) is 0 Å². The minimum absolute atomic E-state index is 0.313. The van der Waals surface area contributed by atoms with Crippen LogP contribution in [0.5, 0.6) is 0 Å². The molecule has 2 nitrogen and oxygen atoms in total. The van der Waals surface area contributed by atoms with Gasteiger partial charge in [-0.05, 0) is 35.4 Å². The summed E-state index contributed by atoms with van der Waals surface area (Å²) in [6.07, 6.45) is 0. The van der Waals surface area contributed by atoms with Crippen molar-refractivity contribution in [1.82, 2.24) is 0 Å². The molecule has 0 unspecified atom stereocenters. The van der Waals surface area contributed by atoms with Crippen LogP contribution < -0.4 is 0 Å². The molecule has 0 bridgehead atoms. The molecule has 0 saturated heterocycles. The second-order valence-electron chi connectivity index (χ2n) is 4.23. The van der Waals surface area contributed by atoms with Crippen molar-refractivity contribution in [2.75, 3.05) is 0 Å². The molecule has 2 aromatic rings. The summed E-state index contributed by atoms with van der Waals surface area (Å²) in [7, 11) is 0. The van der Waals surface area contributed by atoms with Crippen LogP contribution in [0.15, 0.2) is 42.5 Å². The quantitative estimate of drug-likeness (QED) is 0.828. The minimum atomic E-state index is -0.905. The van der Waals surface area contributed by atoms with E-state index in [2.05, 4.69) is 0 Å². The van der Waals surface area contributed by atoms with E-state index in [-0.39, 0.29) is 0 Å². The van der Waals surface area contributed by atoms with E-state index in [0.29, 0.717) is 15.6 Å². The third-order valence-electron chi connectivity index (χ3n) is 2.72. The fourth-order valence-corrected chi connectivity index (χ4v) is 3.26. The Morgan fingerprint density at radius 3 is 2.60 bits per heavy atom. The smallest absolute Gasteiger partial charge is 0.335 e. The molecular formula is C15H12Cl2O2S. The van der Waals surface area contributed by atoms with E-state index < -0.39 is 5.97 Å². The molecule has 0 aliphatic heterocycles. The van der Waals surface area contributed by atoms with Gasteiger partial charge in [0.1, 0.15) is 0 Å². The monoisotopic (exact) mass is 326 g/mol. The molecule has 0 atom stereocenters. The lowest BCUT2D eigenvalue weighted by Gasteiger charge is -2.06. The Morgan fingerprint density at radius 1 is 1.10 bits per heavy atom. The highest BCUT2D eigenvalue weighted by Crippen LogP contribution is 2.26. The summed E-state index contributed by atoms with van der Waals surface area (Å²) < 4.78 is 0. The Balaban J connectivity index is 1.96. The van der Waals surface area contributed by atoms with E-state index >= 15 is 0 Å². The summed E-state index contributed by atoms with van der Waals surface area (Å²) >= 11 is 13.6. The third kappa shape index (κ3) is 4.17. The zero-order valence-electron chi connectivity index (χ0n) is 10.5. The largest absolute Gasteiger partial charge is 0.478 e.